The first-order chi connectivity index (χ1) is 10.8. The van der Waals surface area contributed by atoms with E-state index in [1.807, 2.05) is 20.8 Å². The van der Waals surface area contributed by atoms with Crippen molar-refractivity contribution in [2.45, 2.75) is 32.9 Å². The molecule has 1 aromatic rings. The second-order valence-corrected chi connectivity index (χ2v) is 5.95. The number of nitrogens with one attached hydrogen (secondary N) is 1. The van der Waals surface area contributed by atoms with Gasteiger partial charge in [0.1, 0.15) is 11.9 Å². The number of aromatic nitrogens is 2. The average Bonchev–Trinajstić information content (AvgIpc) is 2.49. The van der Waals surface area contributed by atoms with Crippen LogP contribution in [0.4, 0.5) is 4.79 Å². The summed E-state index contributed by atoms with van der Waals surface area (Å²) in [6.07, 6.45) is 1.04. The van der Waals surface area contributed by atoms with E-state index in [2.05, 4.69) is 15.3 Å². The summed E-state index contributed by atoms with van der Waals surface area (Å²) in [5.74, 6) is 0.926. The lowest BCUT2D eigenvalue weighted by atomic mass is 10.2. The maximum atomic E-state index is 11.8. The fourth-order valence-corrected chi connectivity index (χ4v) is 1.78. The Morgan fingerprint density at radius 2 is 1.78 bits per heavy atom. The van der Waals surface area contributed by atoms with Crippen LogP contribution in [-0.4, -0.2) is 60.9 Å². The quantitative estimate of drug-likeness (QED) is 0.759. The molecule has 8 nitrogen and oxygen atoms in total. The summed E-state index contributed by atoms with van der Waals surface area (Å²) in [6.45, 7) is 7.07. The SMILES string of the molecule is COc1ncnc(OC)c1CNCCN(C)C(=O)OC(C)(C)C. The van der Waals surface area contributed by atoms with Crippen molar-refractivity contribution >= 4 is 6.09 Å². The van der Waals surface area contributed by atoms with Gasteiger partial charge in [0, 0.05) is 26.7 Å². The van der Waals surface area contributed by atoms with Gasteiger partial charge in [0.15, 0.2) is 0 Å². The number of carbonyl (C=O) groups is 1. The zero-order chi connectivity index (χ0) is 17.5. The molecule has 0 spiro atoms. The van der Waals surface area contributed by atoms with E-state index < -0.39 is 5.60 Å². The van der Waals surface area contributed by atoms with Gasteiger partial charge in [-0.05, 0) is 20.8 Å². The van der Waals surface area contributed by atoms with Crippen LogP contribution in [0.15, 0.2) is 6.33 Å². The van der Waals surface area contributed by atoms with Gasteiger partial charge in [-0.3, -0.25) is 0 Å². The Morgan fingerprint density at radius 1 is 1.22 bits per heavy atom. The highest BCUT2D eigenvalue weighted by Gasteiger charge is 2.19. The maximum absolute atomic E-state index is 11.8. The van der Waals surface area contributed by atoms with Crippen LogP contribution in [0.2, 0.25) is 0 Å². The minimum Gasteiger partial charge on any atom is -0.481 e. The van der Waals surface area contributed by atoms with Crippen molar-refractivity contribution in [1.82, 2.24) is 20.2 Å². The van der Waals surface area contributed by atoms with Crippen molar-refractivity contribution in [1.29, 1.82) is 0 Å². The van der Waals surface area contributed by atoms with Crippen molar-refractivity contribution in [2.75, 3.05) is 34.4 Å². The van der Waals surface area contributed by atoms with Gasteiger partial charge in [0.25, 0.3) is 0 Å². The van der Waals surface area contributed by atoms with Crippen LogP contribution in [-0.2, 0) is 11.3 Å². The molecule has 23 heavy (non-hydrogen) atoms. The van der Waals surface area contributed by atoms with Crippen LogP contribution >= 0.6 is 0 Å². The Morgan fingerprint density at radius 3 is 2.26 bits per heavy atom. The largest absolute Gasteiger partial charge is 0.481 e. The lowest BCUT2D eigenvalue weighted by Gasteiger charge is -2.24. The van der Waals surface area contributed by atoms with E-state index in [0.717, 1.165) is 5.56 Å². The van der Waals surface area contributed by atoms with Gasteiger partial charge < -0.3 is 24.4 Å². The number of carbonyl (C=O) groups excluding carboxylic acids is 1. The fourth-order valence-electron chi connectivity index (χ4n) is 1.78. The molecule has 1 amide bonds. The van der Waals surface area contributed by atoms with Crippen molar-refractivity contribution < 1.29 is 19.0 Å². The van der Waals surface area contributed by atoms with Gasteiger partial charge in [-0.15, -0.1) is 0 Å². The van der Waals surface area contributed by atoms with E-state index in [-0.39, 0.29) is 6.09 Å². The van der Waals surface area contributed by atoms with Gasteiger partial charge in [0.05, 0.1) is 19.8 Å². The molecule has 0 atom stereocenters. The van der Waals surface area contributed by atoms with Crippen molar-refractivity contribution in [3.8, 4) is 11.8 Å². The summed E-state index contributed by atoms with van der Waals surface area (Å²) < 4.78 is 15.7. The number of amides is 1. The molecule has 1 heterocycles. The van der Waals surface area contributed by atoms with E-state index in [1.54, 1.807) is 21.3 Å². The van der Waals surface area contributed by atoms with Gasteiger partial charge >= 0.3 is 6.09 Å². The summed E-state index contributed by atoms with van der Waals surface area (Å²) in [4.78, 5) is 21.5. The minimum absolute atomic E-state index is 0.350. The van der Waals surface area contributed by atoms with Gasteiger partial charge in [-0.1, -0.05) is 0 Å². The van der Waals surface area contributed by atoms with Crippen LogP contribution in [0.5, 0.6) is 11.8 Å². The van der Waals surface area contributed by atoms with Crippen LogP contribution in [0.25, 0.3) is 0 Å². The molecule has 0 aromatic carbocycles. The Labute approximate surface area is 137 Å². The third kappa shape index (κ3) is 6.27. The molecule has 130 valence electrons. The maximum Gasteiger partial charge on any atom is 0.410 e. The number of ether oxygens (including phenoxy) is 3. The highest BCUT2D eigenvalue weighted by molar-refractivity contribution is 5.67. The predicted molar refractivity (Wildman–Crippen MR) is 85.7 cm³/mol. The minimum atomic E-state index is -0.499. The molecule has 0 saturated carbocycles. The molecule has 0 aliphatic heterocycles. The number of methoxy groups -OCH3 is 2. The third-order valence-electron chi connectivity index (χ3n) is 2.88. The monoisotopic (exact) mass is 326 g/mol. The van der Waals surface area contributed by atoms with Crippen molar-refractivity contribution in [2.24, 2.45) is 0 Å². The lowest BCUT2D eigenvalue weighted by molar-refractivity contribution is 0.0300. The van der Waals surface area contributed by atoms with E-state index in [0.29, 0.717) is 31.4 Å². The Hall–Kier alpha value is -2.09. The highest BCUT2D eigenvalue weighted by atomic mass is 16.6. The van der Waals surface area contributed by atoms with Crippen molar-refractivity contribution in [3.05, 3.63) is 11.9 Å². The number of hydrogen-bond acceptors (Lipinski definition) is 7. The standard InChI is InChI=1S/C15H26N4O4/c1-15(2,3)23-14(20)19(4)8-7-16-9-11-12(21-5)17-10-18-13(11)22-6/h10,16H,7-9H2,1-6H3. The van der Waals surface area contributed by atoms with Crippen LogP contribution in [0, 0.1) is 0 Å². The molecule has 8 heteroatoms. The van der Waals surface area contributed by atoms with E-state index in [1.165, 1.54) is 11.2 Å². The third-order valence-corrected chi connectivity index (χ3v) is 2.88. The first kappa shape index (κ1) is 19.0. The number of likely N-dealkylation sites (N-methyl/N-ethyl adjacent to an activating group) is 1. The molecule has 1 aromatic heterocycles. The molecule has 0 aliphatic carbocycles. The molecule has 0 unspecified atom stereocenters. The Bertz CT molecular complexity index is 494. The molecular formula is C15H26N4O4. The molecule has 0 aliphatic rings. The summed E-state index contributed by atoms with van der Waals surface area (Å²) in [7, 11) is 4.78. The number of nitrogens with zero attached hydrogens (tertiary/aromatic N) is 3. The second kappa shape index (κ2) is 8.52. The topological polar surface area (TPSA) is 85.8 Å². The first-order valence-electron chi connectivity index (χ1n) is 7.35. The number of hydrogen-bond donors (Lipinski definition) is 1. The highest BCUT2D eigenvalue weighted by Crippen LogP contribution is 2.22. The summed E-state index contributed by atoms with van der Waals surface area (Å²) in [5.41, 5.74) is 0.235. The van der Waals surface area contributed by atoms with Crippen LogP contribution in [0.3, 0.4) is 0 Å². The zero-order valence-electron chi connectivity index (χ0n) is 14.7. The normalized spacial score (nSPS) is 11.0. The van der Waals surface area contributed by atoms with Crippen LogP contribution in [0.1, 0.15) is 26.3 Å². The molecule has 0 bridgehead atoms. The molecule has 0 fully saturated rings. The first-order valence-corrected chi connectivity index (χ1v) is 7.35. The van der Waals surface area contributed by atoms with Crippen molar-refractivity contribution in [3.63, 3.8) is 0 Å². The van der Waals surface area contributed by atoms with Gasteiger partial charge in [-0.2, -0.15) is 0 Å². The molecule has 1 N–H and O–H groups in total. The lowest BCUT2D eigenvalue weighted by Crippen LogP contribution is -2.37. The summed E-state index contributed by atoms with van der Waals surface area (Å²) in [5, 5.41) is 3.21. The van der Waals surface area contributed by atoms with Gasteiger partial charge in [-0.25, -0.2) is 14.8 Å². The van der Waals surface area contributed by atoms with E-state index in [4.69, 9.17) is 14.2 Å². The summed E-state index contributed by atoms with van der Waals surface area (Å²) >= 11 is 0. The van der Waals surface area contributed by atoms with E-state index >= 15 is 0 Å². The fraction of sp³-hybridized carbons (Fsp3) is 0.667. The van der Waals surface area contributed by atoms with Crippen LogP contribution < -0.4 is 14.8 Å². The Balaban J connectivity index is 2.48. The smallest absolute Gasteiger partial charge is 0.410 e. The molecule has 0 radical (unpaired) electrons. The predicted octanol–water partition coefficient (Wildman–Crippen LogP) is 1.45. The number of rotatable bonds is 7. The molecule has 1 rings (SSSR count). The Kier molecular flexibility index (Phi) is 7.02. The van der Waals surface area contributed by atoms with E-state index in [9.17, 15) is 4.79 Å². The average molecular weight is 326 g/mol. The zero-order valence-corrected chi connectivity index (χ0v) is 14.7. The molecule has 0 saturated heterocycles. The summed E-state index contributed by atoms with van der Waals surface area (Å²) in [6, 6.07) is 0. The molecular weight excluding hydrogens is 300 g/mol. The second-order valence-electron chi connectivity index (χ2n) is 5.95. The van der Waals surface area contributed by atoms with Gasteiger partial charge in [0.2, 0.25) is 11.8 Å².